The van der Waals surface area contributed by atoms with Crippen molar-refractivity contribution in [2.45, 2.75) is 38.9 Å². The van der Waals surface area contributed by atoms with Crippen molar-refractivity contribution >= 4 is 17.8 Å². The van der Waals surface area contributed by atoms with Crippen molar-refractivity contribution in [1.82, 2.24) is 20.9 Å². The molecular weight excluding hydrogens is 373 g/mol. The number of pyridine rings is 1. The van der Waals surface area contributed by atoms with Gasteiger partial charge in [0.25, 0.3) is 0 Å². The van der Waals surface area contributed by atoms with E-state index in [0.29, 0.717) is 13.0 Å². The van der Waals surface area contributed by atoms with Gasteiger partial charge >= 0.3 is 6.03 Å². The summed E-state index contributed by atoms with van der Waals surface area (Å²) in [7, 11) is 3.78. The highest BCUT2D eigenvalue weighted by molar-refractivity contribution is 5.87. The number of benzene rings is 1. The van der Waals surface area contributed by atoms with Gasteiger partial charge in [-0.05, 0) is 30.2 Å². The van der Waals surface area contributed by atoms with Crippen LogP contribution in [0.3, 0.4) is 0 Å². The lowest BCUT2D eigenvalue weighted by atomic mass is 10.1. The van der Waals surface area contributed by atoms with Crippen LogP contribution in [0.1, 0.15) is 30.9 Å². The van der Waals surface area contributed by atoms with Crippen LogP contribution in [-0.2, 0) is 17.9 Å². The van der Waals surface area contributed by atoms with Gasteiger partial charge in [-0.1, -0.05) is 31.5 Å². The fourth-order valence-electron chi connectivity index (χ4n) is 2.83. The van der Waals surface area contributed by atoms with Crippen molar-refractivity contribution < 1.29 is 14.0 Å². The molecule has 2 rings (SSSR count). The first kappa shape index (κ1) is 22.1. The van der Waals surface area contributed by atoms with Crippen molar-refractivity contribution in [2.75, 3.05) is 19.0 Å². The molecule has 1 unspecified atom stereocenters. The summed E-state index contributed by atoms with van der Waals surface area (Å²) >= 11 is 0. The number of aromatic nitrogens is 1. The molecule has 0 saturated heterocycles. The van der Waals surface area contributed by atoms with E-state index in [2.05, 4.69) is 20.9 Å². The number of halogens is 1. The van der Waals surface area contributed by atoms with Gasteiger partial charge in [0.1, 0.15) is 17.7 Å². The minimum atomic E-state index is -0.646. The lowest BCUT2D eigenvalue weighted by molar-refractivity contribution is -0.123. The highest BCUT2D eigenvalue weighted by Crippen LogP contribution is 2.14. The highest BCUT2D eigenvalue weighted by atomic mass is 19.1. The predicted octanol–water partition coefficient (Wildman–Crippen LogP) is 2.57. The molecule has 0 aliphatic carbocycles. The number of carbonyl (C=O) groups excluding carboxylic acids is 2. The van der Waals surface area contributed by atoms with Gasteiger partial charge in [-0.2, -0.15) is 0 Å². The maximum absolute atomic E-state index is 12.9. The Hall–Kier alpha value is -3.16. The normalized spacial score (nSPS) is 11.4. The molecule has 0 radical (unpaired) electrons. The Kier molecular flexibility index (Phi) is 8.39. The average Bonchev–Trinajstić information content (AvgIpc) is 2.71. The molecule has 8 heteroatoms. The quantitative estimate of drug-likeness (QED) is 0.603. The lowest BCUT2D eigenvalue weighted by Gasteiger charge is -2.20. The molecule has 0 fully saturated rings. The second-order valence-corrected chi connectivity index (χ2v) is 6.89. The van der Waals surface area contributed by atoms with Crippen LogP contribution >= 0.6 is 0 Å². The molecule has 29 heavy (non-hydrogen) atoms. The third kappa shape index (κ3) is 7.06. The summed E-state index contributed by atoms with van der Waals surface area (Å²) in [4.78, 5) is 31.0. The van der Waals surface area contributed by atoms with Gasteiger partial charge in [0.05, 0.1) is 0 Å². The van der Waals surface area contributed by atoms with E-state index in [1.807, 2.05) is 38.1 Å². The number of hydrogen-bond acceptors (Lipinski definition) is 4. The molecule has 156 valence electrons. The molecule has 0 spiro atoms. The minimum Gasteiger partial charge on any atom is -0.362 e. The molecule has 1 atom stereocenters. The molecule has 1 aromatic carbocycles. The van der Waals surface area contributed by atoms with E-state index >= 15 is 0 Å². The van der Waals surface area contributed by atoms with Gasteiger partial charge in [-0.15, -0.1) is 0 Å². The van der Waals surface area contributed by atoms with E-state index in [-0.39, 0.29) is 18.3 Å². The first-order valence-corrected chi connectivity index (χ1v) is 9.58. The summed E-state index contributed by atoms with van der Waals surface area (Å²) in [6.07, 6.45) is 2.96. The minimum absolute atomic E-state index is 0.245. The van der Waals surface area contributed by atoms with E-state index in [1.54, 1.807) is 18.3 Å². The second-order valence-electron chi connectivity index (χ2n) is 6.89. The summed E-state index contributed by atoms with van der Waals surface area (Å²) in [6, 6.07) is 8.50. The number of nitrogens with one attached hydrogen (secondary N) is 3. The maximum Gasteiger partial charge on any atom is 0.315 e. The van der Waals surface area contributed by atoms with E-state index in [9.17, 15) is 14.0 Å². The number of urea groups is 1. The maximum atomic E-state index is 12.9. The van der Waals surface area contributed by atoms with E-state index in [1.165, 1.54) is 12.1 Å². The standard InChI is InChI=1S/C21H28FN5O2/c1-4-6-18(26-21(29)25-13-15-8-10-17(22)11-9-15)20(28)24-14-16-7-5-12-23-19(16)27(2)3/h5,7-12,18H,4,6,13-14H2,1-3H3,(H,24,28)(H2,25,26,29). The van der Waals surface area contributed by atoms with Crippen molar-refractivity contribution in [2.24, 2.45) is 0 Å². The van der Waals surface area contributed by atoms with Crippen molar-refractivity contribution in [3.63, 3.8) is 0 Å². The summed E-state index contributed by atoms with van der Waals surface area (Å²) < 4.78 is 12.9. The summed E-state index contributed by atoms with van der Waals surface area (Å²) in [5, 5.41) is 8.28. The summed E-state index contributed by atoms with van der Waals surface area (Å²) in [6.45, 7) is 2.51. The molecule has 1 heterocycles. The smallest absolute Gasteiger partial charge is 0.315 e. The Morgan fingerprint density at radius 3 is 2.48 bits per heavy atom. The van der Waals surface area contributed by atoms with Crippen LogP contribution in [0.2, 0.25) is 0 Å². The van der Waals surface area contributed by atoms with Gasteiger partial charge < -0.3 is 20.9 Å². The van der Waals surface area contributed by atoms with Gasteiger partial charge in [0.2, 0.25) is 5.91 Å². The molecule has 1 aromatic heterocycles. The zero-order valence-corrected chi connectivity index (χ0v) is 17.0. The zero-order valence-electron chi connectivity index (χ0n) is 17.0. The second kappa shape index (κ2) is 11.0. The monoisotopic (exact) mass is 401 g/mol. The molecule has 2 aromatic rings. The Balaban J connectivity index is 1.89. The topological polar surface area (TPSA) is 86.4 Å². The van der Waals surface area contributed by atoms with Gasteiger partial charge in [-0.3, -0.25) is 4.79 Å². The number of amides is 3. The van der Waals surface area contributed by atoms with Gasteiger partial charge in [0.15, 0.2) is 0 Å². The Bertz CT molecular complexity index is 811. The molecule has 7 nitrogen and oxygen atoms in total. The largest absolute Gasteiger partial charge is 0.362 e. The van der Waals surface area contributed by atoms with Crippen LogP contribution in [0.5, 0.6) is 0 Å². The van der Waals surface area contributed by atoms with E-state index in [0.717, 1.165) is 23.4 Å². The first-order valence-electron chi connectivity index (χ1n) is 9.58. The molecular formula is C21H28FN5O2. The number of nitrogens with zero attached hydrogens (tertiary/aromatic N) is 2. The molecule has 0 aliphatic rings. The van der Waals surface area contributed by atoms with Gasteiger partial charge in [-0.25, -0.2) is 14.2 Å². The van der Waals surface area contributed by atoms with Crippen molar-refractivity contribution in [1.29, 1.82) is 0 Å². The molecule has 0 bridgehead atoms. The van der Waals surface area contributed by atoms with Crippen LogP contribution in [-0.4, -0.2) is 37.1 Å². The zero-order chi connectivity index (χ0) is 21.2. The lowest BCUT2D eigenvalue weighted by Crippen LogP contribution is -2.49. The van der Waals surface area contributed by atoms with Crippen LogP contribution in [0, 0.1) is 5.82 Å². The van der Waals surface area contributed by atoms with Crippen molar-refractivity contribution in [3.8, 4) is 0 Å². The number of carbonyl (C=O) groups is 2. The highest BCUT2D eigenvalue weighted by Gasteiger charge is 2.20. The average molecular weight is 401 g/mol. The predicted molar refractivity (Wildman–Crippen MR) is 111 cm³/mol. The Labute approximate surface area is 170 Å². The molecule has 0 aliphatic heterocycles. The van der Waals surface area contributed by atoms with Crippen LogP contribution < -0.4 is 20.9 Å². The van der Waals surface area contributed by atoms with Crippen LogP contribution in [0.15, 0.2) is 42.6 Å². The third-order valence-corrected chi connectivity index (χ3v) is 4.31. The van der Waals surface area contributed by atoms with Crippen LogP contribution in [0.25, 0.3) is 0 Å². The Morgan fingerprint density at radius 1 is 1.10 bits per heavy atom. The van der Waals surface area contributed by atoms with E-state index < -0.39 is 12.1 Å². The first-order chi connectivity index (χ1) is 13.9. The van der Waals surface area contributed by atoms with Gasteiger partial charge in [0, 0.05) is 38.9 Å². The molecule has 3 amide bonds. The summed E-state index contributed by atoms with van der Waals surface area (Å²) in [5.41, 5.74) is 1.66. The number of rotatable bonds is 9. The number of hydrogen-bond donors (Lipinski definition) is 3. The fraction of sp³-hybridized carbons (Fsp3) is 0.381. The molecule has 3 N–H and O–H groups in total. The molecule has 0 saturated carbocycles. The third-order valence-electron chi connectivity index (χ3n) is 4.31. The summed E-state index contributed by atoms with van der Waals surface area (Å²) in [5.74, 6) is 0.200. The SMILES string of the molecule is CCCC(NC(=O)NCc1ccc(F)cc1)C(=O)NCc1cccnc1N(C)C. The van der Waals surface area contributed by atoms with Crippen LogP contribution in [0.4, 0.5) is 15.0 Å². The van der Waals surface area contributed by atoms with E-state index in [4.69, 9.17) is 0 Å². The fourth-order valence-corrected chi connectivity index (χ4v) is 2.83. The number of anilines is 1. The van der Waals surface area contributed by atoms with Crippen molar-refractivity contribution in [3.05, 3.63) is 59.5 Å². The Morgan fingerprint density at radius 2 is 1.83 bits per heavy atom.